The van der Waals surface area contributed by atoms with E-state index >= 15 is 0 Å². The normalized spacial score (nSPS) is 12.8. The molecular formula is C19H25N3O4S. The summed E-state index contributed by atoms with van der Waals surface area (Å²) < 4.78 is 26.1. The molecular weight excluding hydrogens is 366 g/mol. The van der Waals surface area contributed by atoms with Crippen molar-refractivity contribution in [3.8, 4) is 0 Å². The monoisotopic (exact) mass is 391 g/mol. The van der Waals surface area contributed by atoms with Crippen molar-refractivity contribution in [2.45, 2.75) is 30.9 Å². The van der Waals surface area contributed by atoms with Gasteiger partial charge in [-0.15, -0.1) is 0 Å². The molecule has 146 valence electrons. The van der Waals surface area contributed by atoms with E-state index < -0.39 is 22.2 Å². The van der Waals surface area contributed by atoms with E-state index in [4.69, 9.17) is 0 Å². The summed E-state index contributed by atoms with van der Waals surface area (Å²) in [7, 11) is -2.04. The molecule has 0 bridgehead atoms. The summed E-state index contributed by atoms with van der Waals surface area (Å²) in [6, 6.07) is 14.3. The minimum atomic E-state index is -3.56. The Balaban J connectivity index is 1.93. The van der Waals surface area contributed by atoms with Gasteiger partial charge in [-0.25, -0.2) is 13.2 Å². The van der Waals surface area contributed by atoms with Gasteiger partial charge in [0.15, 0.2) is 0 Å². The smallest absolute Gasteiger partial charge is 0.319 e. The second-order valence-electron chi connectivity index (χ2n) is 6.40. The maximum Gasteiger partial charge on any atom is 0.319 e. The number of aliphatic hydroxyl groups excluding tert-OH is 1. The molecule has 2 amide bonds. The van der Waals surface area contributed by atoms with Crippen molar-refractivity contribution >= 4 is 21.7 Å². The second-order valence-corrected chi connectivity index (χ2v) is 8.40. The highest BCUT2D eigenvalue weighted by atomic mass is 32.2. The molecule has 2 rings (SSSR count). The van der Waals surface area contributed by atoms with Gasteiger partial charge in [0.1, 0.15) is 0 Å². The summed E-state index contributed by atoms with van der Waals surface area (Å²) in [6.45, 7) is 3.64. The van der Waals surface area contributed by atoms with Gasteiger partial charge in [-0.2, -0.15) is 4.31 Å². The van der Waals surface area contributed by atoms with Crippen molar-refractivity contribution < 1.29 is 18.3 Å². The fourth-order valence-electron chi connectivity index (χ4n) is 2.31. The summed E-state index contributed by atoms with van der Waals surface area (Å²) in [6.07, 6.45) is -0.809. The summed E-state index contributed by atoms with van der Waals surface area (Å²) in [4.78, 5) is 12.1. The number of anilines is 1. The number of sulfonamides is 1. The average Bonchev–Trinajstić information content (AvgIpc) is 2.66. The lowest BCUT2D eigenvalue weighted by Gasteiger charge is -2.21. The maximum absolute atomic E-state index is 12.4. The summed E-state index contributed by atoms with van der Waals surface area (Å²) >= 11 is 0. The Morgan fingerprint density at radius 2 is 1.67 bits per heavy atom. The third-order valence-corrected chi connectivity index (χ3v) is 6.20. The van der Waals surface area contributed by atoms with Crippen LogP contribution in [0.25, 0.3) is 0 Å². The predicted molar refractivity (Wildman–Crippen MR) is 105 cm³/mol. The Morgan fingerprint density at radius 3 is 2.22 bits per heavy atom. The molecule has 2 aromatic rings. The molecule has 1 atom stereocenters. The second kappa shape index (κ2) is 8.98. The van der Waals surface area contributed by atoms with Gasteiger partial charge in [-0.05, 0) is 43.7 Å². The Hall–Kier alpha value is -2.42. The van der Waals surface area contributed by atoms with Gasteiger partial charge < -0.3 is 15.7 Å². The Kier molecular flexibility index (Phi) is 6.95. The minimum Gasteiger partial charge on any atom is -0.387 e. The number of nitrogens with one attached hydrogen (secondary N) is 2. The van der Waals surface area contributed by atoms with Gasteiger partial charge in [0.05, 0.1) is 11.0 Å². The first-order valence-corrected chi connectivity index (χ1v) is 10.0. The lowest BCUT2D eigenvalue weighted by atomic mass is 10.1. The lowest BCUT2D eigenvalue weighted by molar-refractivity contribution is 0.175. The van der Waals surface area contributed by atoms with Crippen LogP contribution in [0.15, 0.2) is 59.5 Å². The minimum absolute atomic E-state index is 0.0570. The van der Waals surface area contributed by atoms with Gasteiger partial charge in [-0.3, -0.25) is 0 Å². The highest BCUT2D eigenvalue weighted by Gasteiger charge is 2.22. The molecule has 0 aromatic heterocycles. The predicted octanol–water partition coefficient (Wildman–Crippen LogP) is 2.57. The van der Waals surface area contributed by atoms with E-state index in [0.717, 1.165) is 0 Å². The number of urea groups is 1. The Bertz CT molecular complexity index is 852. The fraction of sp³-hybridized carbons (Fsp3) is 0.316. The molecule has 2 aromatic carbocycles. The lowest BCUT2D eigenvalue weighted by Crippen LogP contribution is -2.33. The van der Waals surface area contributed by atoms with Crippen LogP contribution < -0.4 is 10.6 Å². The molecule has 0 radical (unpaired) electrons. The van der Waals surface area contributed by atoms with Crippen LogP contribution in [-0.4, -0.2) is 43.5 Å². The number of carbonyl (C=O) groups excluding carboxylic acids is 1. The molecule has 27 heavy (non-hydrogen) atoms. The number of carbonyl (C=O) groups is 1. The molecule has 0 aliphatic heterocycles. The third kappa shape index (κ3) is 5.53. The fourth-order valence-corrected chi connectivity index (χ4v) is 3.68. The van der Waals surface area contributed by atoms with E-state index in [1.807, 2.05) is 18.2 Å². The van der Waals surface area contributed by atoms with Crippen LogP contribution >= 0.6 is 0 Å². The number of hydrogen-bond donors (Lipinski definition) is 3. The van der Waals surface area contributed by atoms with Crippen LogP contribution in [0.1, 0.15) is 25.5 Å². The van der Waals surface area contributed by atoms with Crippen LogP contribution in [0.2, 0.25) is 0 Å². The van der Waals surface area contributed by atoms with Crippen molar-refractivity contribution in [1.29, 1.82) is 0 Å². The number of aliphatic hydroxyl groups is 1. The third-order valence-electron chi connectivity index (χ3n) is 4.16. The molecule has 0 fully saturated rings. The van der Waals surface area contributed by atoms with Crippen molar-refractivity contribution in [3.05, 3.63) is 60.2 Å². The molecule has 7 nitrogen and oxygen atoms in total. The van der Waals surface area contributed by atoms with E-state index in [1.54, 1.807) is 26.0 Å². The van der Waals surface area contributed by atoms with E-state index in [9.17, 15) is 18.3 Å². The SMILES string of the molecule is CC(C)N(C)S(=O)(=O)c1ccc(NC(=O)NC[C@@H](O)c2ccccc2)cc1. The van der Waals surface area contributed by atoms with Gasteiger partial charge in [0, 0.05) is 25.3 Å². The Morgan fingerprint density at radius 1 is 1.07 bits per heavy atom. The quantitative estimate of drug-likeness (QED) is 0.675. The van der Waals surface area contributed by atoms with Crippen molar-refractivity contribution in [2.24, 2.45) is 0 Å². The topological polar surface area (TPSA) is 98.7 Å². The zero-order chi connectivity index (χ0) is 20.0. The largest absolute Gasteiger partial charge is 0.387 e. The van der Waals surface area contributed by atoms with Crippen LogP contribution in [0.5, 0.6) is 0 Å². The van der Waals surface area contributed by atoms with Gasteiger partial charge in [0.25, 0.3) is 0 Å². The molecule has 0 spiro atoms. The van der Waals surface area contributed by atoms with Crippen LogP contribution in [-0.2, 0) is 10.0 Å². The molecule has 3 N–H and O–H groups in total. The molecule has 0 aliphatic rings. The number of rotatable bonds is 7. The standard InChI is InChI=1S/C19H25N3O4S/c1-14(2)22(3)27(25,26)17-11-9-16(10-12-17)21-19(24)20-13-18(23)15-7-5-4-6-8-15/h4-12,14,18,23H,13H2,1-3H3,(H2,20,21,24)/t18-/m1/s1. The highest BCUT2D eigenvalue weighted by molar-refractivity contribution is 7.89. The molecule has 0 aliphatic carbocycles. The van der Waals surface area contributed by atoms with Gasteiger partial charge >= 0.3 is 6.03 Å². The van der Waals surface area contributed by atoms with E-state index in [1.165, 1.54) is 35.6 Å². The highest BCUT2D eigenvalue weighted by Crippen LogP contribution is 2.19. The molecule has 8 heteroatoms. The molecule has 0 saturated carbocycles. The van der Waals surface area contributed by atoms with E-state index in [0.29, 0.717) is 11.3 Å². The van der Waals surface area contributed by atoms with Crippen LogP contribution in [0.3, 0.4) is 0 Å². The van der Waals surface area contributed by atoms with E-state index in [-0.39, 0.29) is 17.5 Å². The zero-order valence-electron chi connectivity index (χ0n) is 15.6. The number of amides is 2. The molecule has 0 unspecified atom stereocenters. The number of nitrogens with zero attached hydrogens (tertiary/aromatic N) is 1. The first-order valence-electron chi connectivity index (χ1n) is 8.57. The summed E-state index contributed by atoms with van der Waals surface area (Å²) in [5, 5.41) is 15.2. The first kappa shape index (κ1) is 20.9. The maximum atomic E-state index is 12.4. The van der Waals surface area contributed by atoms with Gasteiger partial charge in [0.2, 0.25) is 10.0 Å². The Labute approximate surface area is 160 Å². The average molecular weight is 391 g/mol. The van der Waals surface area contributed by atoms with Crippen molar-refractivity contribution in [2.75, 3.05) is 18.9 Å². The van der Waals surface area contributed by atoms with Gasteiger partial charge in [-0.1, -0.05) is 30.3 Å². The molecule has 0 heterocycles. The number of hydrogen-bond acceptors (Lipinski definition) is 4. The summed E-state index contributed by atoms with van der Waals surface area (Å²) in [5.41, 5.74) is 1.16. The van der Waals surface area contributed by atoms with Crippen LogP contribution in [0.4, 0.5) is 10.5 Å². The zero-order valence-corrected chi connectivity index (χ0v) is 16.4. The first-order chi connectivity index (χ1) is 12.7. The number of benzene rings is 2. The van der Waals surface area contributed by atoms with Crippen LogP contribution in [0, 0.1) is 0 Å². The van der Waals surface area contributed by atoms with E-state index in [2.05, 4.69) is 10.6 Å². The van der Waals surface area contributed by atoms with Crippen molar-refractivity contribution in [1.82, 2.24) is 9.62 Å². The molecule has 0 saturated heterocycles. The summed E-state index contributed by atoms with van der Waals surface area (Å²) in [5.74, 6) is 0. The van der Waals surface area contributed by atoms with Crippen molar-refractivity contribution in [3.63, 3.8) is 0 Å².